The molecule has 0 atom stereocenters. The first-order valence-electron chi connectivity index (χ1n) is 6.38. The molecule has 0 bridgehead atoms. The Morgan fingerprint density at radius 2 is 1.95 bits per heavy atom. The summed E-state index contributed by atoms with van der Waals surface area (Å²) < 4.78 is 30.3. The highest BCUT2D eigenvalue weighted by molar-refractivity contribution is 7.95. The lowest BCUT2D eigenvalue weighted by Crippen LogP contribution is -2.05. The fourth-order valence-corrected chi connectivity index (χ4v) is 3.07. The third-order valence-corrected chi connectivity index (χ3v) is 4.61. The molecular formula is C16H10N2O3S. The van der Waals surface area contributed by atoms with Crippen molar-refractivity contribution in [2.24, 2.45) is 0 Å². The van der Waals surface area contributed by atoms with Gasteiger partial charge in [0.15, 0.2) is 9.93 Å². The Hall–Kier alpha value is -2.91. The Labute approximate surface area is 127 Å². The molecule has 0 saturated carbocycles. The van der Waals surface area contributed by atoms with Crippen LogP contribution in [0.1, 0.15) is 5.76 Å². The van der Waals surface area contributed by atoms with E-state index >= 15 is 0 Å². The molecule has 6 heteroatoms. The van der Waals surface area contributed by atoms with E-state index in [0.717, 1.165) is 5.39 Å². The average molecular weight is 310 g/mol. The third kappa shape index (κ3) is 2.50. The molecule has 0 saturated heterocycles. The van der Waals surface area contributed by atoms with Crippen molar-refractivity contribution in [1.29, 1.82) is 5.26 Å². The van der Waals surface area contributed by atoms with E-state index in [0.29, 0.717) is 11.3 Å². The summed E-state index contributed by atoms with van der Waals surface area (Å²) in [4.78, 5) is 3.38. The predicted octanol–water partition coefficient (Wildman–Crippen LogP) is 3.17. The fourth-order valence-electron chi connectivity index (χ4n) is 1.99. The first kappa shape index (κ1) is 14.0. The molecule has 2 heterocycles. The lowest BCUT2D eigenvalue weighted by Gasteiger charge is -2.00. The van der Waals surface area contributed by atoms with E-state index in [2.05, 4.69) is 4.98 Å². The van der Waals surface area contributed by atoms with Crippen molar-refractivity contribution in [1.82, 2.24) is 4.98 Å². The molecule has 0 spiro atoms. The van der Waals surface area contributed by atoms with E-state index in [4.69, 9.17) is 4.42 Å². The molecule has 0 amide bonds. The molecule has 5 nitrogen and oxygen atoms in total. The highest BCUT2D eigenvalue weighted by Gasteiger charge is 2.22. The van der Waals surface area contributed by atoms with Gasteiger partial charge >= 0.3 is 0 Å². The van der Waals surface area contributed by atoms with E-state index in [1.165, 1.54) is 18.3 Å². The number of allylic oxidation sites excluding steroid dienone is 1. The van der Waals surface area contributed by atoms with Gasteiger partial charge in [0.05, 0.1) is 0 Å². The van der Waals surface area contributed by atoms with Gasteiger partial charge in [-0.3, -0.25) is 0 Å². The van der Waals surface area contributed by atoms with Crippen LogP contribution in [-0.2, 0) is 9.84 Å². The van der Waals surface area contributed by atoms with Gasteiger partial charge in [-0.15, -0.1) is 0 Å². The quantitative estimate of drug-likeness (QED) is 0.694. The van der Waals surface area contributed by atoms with Crippen LogP contribution >= 0.6 is 0 Å². The number of para-hydroxylation sites is 1. The number of hydrogen-bond acceptors (Lipinski definition) is 5. The molecule has 2 aromatic heterocycles. The van der Waals surface area contributed by atoms with Crippen LogP contribution in [0.5, 0.6) is 0 Å². The Kier molecular flexibility index (Phi) is 3.49. The van der Waals surface area contributed by atoms with Gasteiger partial charge in [-0.05, 0) is 24.3 Å². The Morgan fingerprint density at radius 1 is 1.18 bits per heavy atom. The van der Waals surface area contributed by atoms with Crippen molar-refractivity contribution in [3.63, 3.8) is 0 Å². The molecule has 3 aromatic rings. The Morgan fingerprint density at radius 3 is 2.64 bits per heavy atom. The molecule has 0 N–H and O–H groups in total. The van der Waals surface area contributed by atoms with E-state index in [9.17, 15) is 13.7 Å². The van der Waals surface area contributed by atoms with Gasteiger partial charge in [0.25, 0.3) is 0 Å². The summed E-state index contributed by atoms with van der Waals surface area (Å²) in [6, 6.07) is 15.2. The molecule has 108 valence electrons. The zero-order chi connectivity index (χ0) is 15.6. The zero-order valence-electron chi connectivity index (χ0n) is 11.3. The molecule has 0 aliphatic rings. The summed E-state index contributed by atoms with van der Waals surface area (Å²) in [5.41, 5.74) is 0.626. The van der Waals surface area contributed by atoms with Crippen molar-refractivity contribution in [2.75, 3.05) is 0 Å². The molecule has 1 aromatic carbocycles. The summed E-state index contributed by atoms with van der Waals surface area (Å²) in [7, 11) is -3.96. The Balaban J connectivity index is 2.09. The van der Waals surface area contributed by atoms with Crippen LogP contribution in [0.2, 0.25) is 0 Å². The molecule has 3 rings (SSSR count). The highest BCUT2D eigenvalue weighted by Crippen LogP contribution is 2.24. The zero-order valence-corrected chi connectivity index (χ0v) is 12.1. The van der Waals surface area contributed by atoms with Gasteiger partial charge in [-0.1, -0.05) is 24.3 Å². The second-order valence-corrected chi connectivity index (χ2v) is 6.34. The number of fused-ring (bicyclic) bond motifs is 1. The van der Waals surface area contributed by atoms with Gasteiger partial charge < -0.3 is 4.42 Å². The summed E-state index contributed by atoms with van der Waals surface area (Å²) in [5.74, 6) is 0.303. The van der Waals surface area contributed by atoms with Gasteiger partial charge in [0.2, 0.25) is 9.84 Å². The van der Waals surface area contributed by atoms with Crippen LogP contribution in [0, 0.1) is 11.3 Å². The van der Waals surface area contributed by atoms with Gasteiger partial charge in [-0.2, -0.15) is 5.26 Å². The maximum atomic E-state index is 12.4. The van der Waals surface area contributed by atoms with Gasteiger partial charge in [0, 0.05) is 17.7 Å². The highest BCUT2D eigenvalue weighted by atomic mass is 32.2. The number of nitrogens with zero attached hydrogens (tertiary/aromatic N) is 2. The molecule has 22 heavy (non-hydrogen) atoms. The normalized spacial score (nSPS) is 12.2. The summed E-state index contributed by atoms with van der Waals surface area (Å²) in [5, 5.41) is 9.86. The van der Waals surface area contributed by atoms with Crippen LogP contribution < -0.4 is 0 Å². The van der Waals surface area contributed by atoms with Crippen LogP contribution in [0.25, 0.3) is 17.0 Å². The summed E-state index contributed by atoms with van der Waals surface area (Å²) >= 11 is 0. The van der Waals surface area contributed by atoms with Crippen molar-refractivity contribution in [3.8, 4) is 6.07 Å². The largest absolute Gasteiger partial charge is 0.457 e. The van der Waals surface area contributed by atoms with Crippen molar-refractivity contribution >= 4 is 26.9 Å². The number of rotatable bonds is 3. The maximum absolute atomic E-state index is 12.4. The van der Waals surface area contributed by atoms with Crippen LogP contribution in [0.3, 0.4) is 0 Å². The van der Waals surface area contributed by atoms with Crippen LogP contribution in [0.4, 0.5) is 0 Å². The standard InChI is InChI=1S/C16H10N2O3S/c17-11-14(22(19,20)16-7-3-4-8-18-16)10-13-9-12-5-1-2-6-15(12)21-13/h1-10H. The summed E-state index contributed by atoms with van der Waals surface area (Å²) in [6.45, 7) is 0. The predicted molar refractivity (Wildman–Crippen MR) is 81.2 cm³/mol. The molecule has 0 fully saturated rings. The fraction of sp³-hybridized carbons (Fsp3) is 0. The maximum Gasteiger partial charge on any atom is 0.233 e. The number of hydrogen-bond donors (Lipinski definition) is 0. The van der Waals surface area contributed by atoms with E-state index in [1.807, 2.05) is 18.2 Å². The Bertz CT molecular complexity index is 964. The second-order valence-electron chi connectivity index (χ2n) is 4.48. The number of sulfone groups is 1. The van der Waals surface area contributed by atoms with E-state index in [-0.39, 0.29) is 5.03 Å². The number of benzene rings is 1. The molecule has 0 unspecified atom stereocenters. The topological polar surface area (TPSA) is 84.0 Å². The number of aromatic nitrogens is 1. The number of pyridine rings is 1. The lowest BCUT2D eigenvalue weighted by molar-refractivity contribution is 0.596. The molecular weight excluding hydrogens is 300 g/mol. The van der Waals surface area contributed by atoms with Crippen LogP contribution in [-0.4, -0.2) is 13.4 Å². The van der Waals surface area contributed by atoms with Crippen molar-refractivity contribution < 1.29 is 12.8 Å². The van der Waals surface area contributed by atoms with Crippen molar-refractivity contribution in [3.05, 3.63) is 65.4 Å². The molecule has 0 aliphatic heterocycles. The molecule has 0 radical (unpaired) electrons. The number of furan rings is 1. The smallest absolute Gasteiger partial charge is 0.233 e. The number of nitriles is 1. The monoisotopic (exact) mass is 310 g/mol. The van der Waals surface area contributed by atoms with E-state index in [1.54, 1.807) is 30.3 Å². The van der Waals surface area contributed by atoms with Crippen molar-refractivity contribution in [2.45, 2.75) is 5.03 Å². The first-order valence-corrected chi connectivity index (χ1v) is 7.86. The minimum absolute atomic E-state index is 0.168. The van der Waals surface area contributed by atoms with Gasteiger partial charge in [-0.25, -0.2) is 13.4 Å². The average Bonchev–Trinajstić information content (AvgIpc) is 2.95. The minimum atomic E-state index is -3.96. The first-order chi connectivity index (χ1) is 10.6. The SMILES string of the molecule is N#CC(=Cc1cc2ccccc2o1)S(=O)(=O)c1ccccn1. The van der Waals surface area contributed by atoms with Gasteiger partial charge in [0.1, 0.15) is 17.4 Å². The lowest BCUT2D eigenvalue weighted by atomic mass is 10.2. The minimum Gasteiger partial charge on any atom is -0.457 e. The van der Waals surface area contributed by atoms with Crippen LogP contribution in [0.15, 0.2) is 69.1 Å². The molecule has 0 aliphatic carbocycles. The third-order valence-electron chi connectivity index (χ3n) is 3.03. The van der Waals surface area contributed by atoms with E-state index < -0.39 is 14.7 Å². The summed E-state index contributed by atoms with van der Waals surface area (Å²) in [6.07, 6.45) is 2.58. The second kappa shape index (κ2) is 5.47.